The molecule has 94 valence electrons. The fourth-order valence-electron chi connectivity index (χ4n) is 1.55. The van der Waals surface area contributed by atoms with Crippen LogP contribution in [0.2, 0.25) is 0 Å². The number of aromatic nitrogens is 1. The average Bonchev–Trinajstić information content (AvgIpc) is 2.66. The van der Waals surface area contributed by atoms with Gasteiger partial charge in [0.25, 0.3) is 0 Å². The Labute approximate surface area is 101 Å². The van der Waals surface area contributed by atoms with E-state index in [-0.39, 0.29) is 17.1 Å². The number of carbonyl (C=O) groups is 1. The van der Waals surface area contributed by atoms with Crippen molar-refractivity contribution >= 4 is 5.97 Å². The Bertz CT molecular complexity index is 634. The van der Waals surface area contributed by atoms with E-state index in [2.05, 4.69) is 4.98 Å². The molecule has 0 saturated heterocycles. The van der Waals surface area contributed by atoms with E-state index in [9.17, 15) is 13.6 Å². The SMILES string of the molecule is Cc1ccc(F)c(-c2nc(C)c(C(=O)O)o2)c1F. The average molecular weight is 253 g/mol. The Morgan fingerprint density at radius 3 is 2.56 bits per heavy atom. The molecule has 4 nitrogen and oxygen atoms in total. The minimum Gasteiger partial charge on any atom is -0.475 e. The molecule has 0 saturated carbocycles. The molecule has 0 unspecified atom stereocenters. The number of carboxylic acids is 1. The first-order chi connectivity index (χ1) is 8.41. The van der Waals surface area contributed by atoms with E-state index in [1.165, 1.54) is 19.9 Å². The Morgan fingerprint density at radius 2 is 2.00 bits per heavy atom. The van der Waals surface area contributed by atoms with Crippen LogP contribution in [0, 0.1) is 25.5 Å². The quantitative estimate of drug-likeness (QED) is 0.893. The molecule has 2 aromatic rings. The lowest BCUT2D eigenvalue weighted by molar-refractivity contribution is 0.0662. The molecule has 0 aliphatic rings. The lowest BCUT2D eigenvalue weighted by Gasteiger charge is -2.02. The number of benzene rings is 1. The molecule has 0 spiro atoms. The van der Waals surface area contributed by atoms with Gasteiger partial charge in [0.05, 0.1) is 5.69 Å². The monoisotopic (exact) mass is 253 g/mol. The molecule has 6 heteroatoms. The highest BCUT2D eigenvalue weighted by atomic mass is 19.1. The second-order valence-electron chi connectivity index (χ2n) is 3.79. The molecule has 0 fully saturated rings. The Hall–Kier alpha value is -2.24. The van der Waals surface area contributed by atoms with Crippen molar-refractivity contribution in [1.82, 2.24) is 4.98 Å². The van der Waals surface area contributed by atoms with Crippen LogP contribution in [-0.4, -0.2) is 16.1 Å². The summed E-state index contributed by atoms with van der Waals surface area (Å²) in [5.74, 6) is -3.79. The standard InChI is InChI=1S/C12H9F2NO3/c1-5-3-4-7(13)8(9(5)14)11-15-6(2)10(18-11)12(16)17/h3-4H,1-2H3,(H,16,17). The third-order valence-corrected chi connectivity index (χ3v) is 2.49. The second kappa shape index (κ2) is 4.21. The van der Waals surface area contributed by atoms with E-state index < -0.39 is 28.9 Å². The van der Waals surface area contributed by atoms with Gasteiger partial charge in [-0.15, -0.1) is 0 Å². The van der Waals surface area contributed by atoms with Crippen LogP contribution < -0.4 is 0 Å². The summed E-state index contributed by atoms with van der Waals surface area (Å²) >= 11 is 0. The summed E-state index contributed by atoms with van der Waals surface area (Å²) in [4.78, 5) is 14.5. The first kappa shape index (κ1) is 12.2. The molecule has 0 bridgehead atoms. The van der Waals surface area contributed by atoms with E-state index in [0.29, 0.717) is 0 Å². The lowest BCUT2D eigenvalue weighted by atomic mass is 10.1. The van der Waals surface area contributed by atoms with Crippen molar-refractivity contribution in [2.75, 3.05) is 0 Å². The minimum absolute atomic E-state index is 0.0674. The molecule has 0 amide bonds. The summed E-state index contributed by atoms with van der Waals surface area (Å²) in [6, 6.07) is 2.36. The van der Waals surface area contributed by atoms with Gasteiger partial charge in [0.15, 0.2) is 0 Å². The third-order valence-electron chi connectivity index (χ3n) is 2.49. The summed E-state index contributed by atoms with van der Waals surface area (Å²) in [5.41, 5.74) is -0.164. The van der Waals surface area contributed by atoms with Gasteiger partial charge >= 0.3 is 5.97 Å². The molecule has 0 aliphatic heterocycles. The third kappa shape index (κ3) is 1.85. The fraction of sp³-hybridized carbons (Fsp3) is 0.167. The predicted octanol–water partition coefficient (Wildman–Crippen LogP) is 2.93. The van der Waals surface area contributed by atoms with Crippen molar-refractivity contribution in [1.29, 1.82) is 0 Å². The van der Waals surface area contributed by atoms with Crippen LogP contribution in [0.1, 0.15) is 21.8 Å². The molecular formula is C12H9F2NO3. The number of halogens is 2. The van der Waals surface area contributed by atoms with Crippen molar-refractivity contribution in [3.63, 3.8) is 0 Å². The summed E-state index contributed by atoms with van der Waals surface area (Å²) in [5, 5.41) is 8.80. The van der Waals surface area contributed by atoms with Gasteiger partial charge in [-0.3, -0.25) is 0 Å². The van der Waals surface area contributed by atoms with Gasteiger partial charge in [-0.05, 0) is 25.5 Å². The van der Waals surface area contributed by atoms with Crippen LogP contribution >= 0.6 is 0 Å². The van der Waals surface area contributed by atoms with Crippen molar-refractivity contribution < 1.29 is 23.1 Å². The van der Waals surface area contributed by atoms with Crippen molar-refractivity contribution in [3.8, 4) is 11.5 Å². The number of carboxylic acid groups (broad SMARTS) is 1. The summed E-state index contributed by atoms with van der Waals surface area (Å²) < 4.78 is 32.3. The molecule has 1 aromatic carbocycles. The zero-order valence-corrected chi connectivity index (χ0v) is 9.62. The van der Waals surface area contributed by atoms with Gasteiger partial charge in [0, 0.05) is 0 Å². The maximum Gasteiger partial charge on any atom is 0.373 e. The molecule has 0 aliphatic carbocycles. The van der Waals surface area contributed by atoms with E-state index in [0.717, 1.165) is 6.07 Å². The maximum atomic E-state index is 13.8. The Kier molecular flexibility index (Phi) is 2.86. The summed E-state index contributed by atoms with van der Waals surface area (Å²) in [6.07, 6.45) is 0. The summed E-state index contributed by atoms with van der Waals surface area (Å²) in [7, 11) is 0. The molecule has 1 aromatic heterocycles. The number of oxazole rings is 1. The second-order valence-corrected chi connectivity index (χ2v) is 3.79. The molecule has 18 heavy (non-hydrogen) atoms. The van der Waals surface area contributed by atoms with E-state index in [1.54, 1.807) is 0 Å². The first-order valence-corrected chi connectivity index (χ1v) is 5.07. The van der Waals surface area contributed by atoms with E-state index in [1.807, 2.05) is 0 Å². The normalized spacial score (nSPS) is 10.7. The smallest absolute Gasteiger partial charge is 0.373 e. The zero-order chi connectivity index (χ0) is 13.4. The van der Waals surface area contributed by atoms with E-state index in [4.69, 9.17) is 9.52 Å². The van der Waals surface area contributed by atoms with Gasteiger partial charge in [-0.1, -0.05) is 6.07 Å². The van der Waals surface area contributed by atoms with Crippen LogP contribution in [0.25, 0.3) is 11.5 Å². The van der Waals surface area contributed by atoms with Gasteiger partial charge in [-0.25, -0.2) is 18.6 Å². The van der Waals surface area contributed by atoms with Crippen molar-refractivity contribution in [3.05, 3.63) is 40.8 Å². The molecule has 1 heterocycles. The van der Waals surface area contributed by atoms with Gasteiger partial charge in [0.1, 0.15) is 17.2 Å². The number of rotatable bonds is 2. The number of aryl methyl sites for hydroxylation is 2. The van der Waals surface area contributed by atoms with E-state index >= 15 is 0 Å². The first-order valence-electron chi connectivity index (χ1n) is 5.07. The highest BCUT2D eigenvalue weighted by Crippen LogP contribution is 2.28. The fourth-order valence-corrected chi connectivity index (χ4v) is 1.55. The molecule has 1 N–H and O–H groups in total. The number of hydrogen-bond donors (Lipinski definition) is 1. The number of nitrogens with zero attached hydrogens (tertiary/aromatic N) is 1. The van der Waals surface area contributed by atoms with Crippen LogP contribution in [-0.2, 0) is 0 Å². The Balaban J connectivity index is 2.66. The zero-order valence-electron chi connectivity index (χ0n) is 9.62. The lowest BCUT2D eigenvalue weighted by Crippen LogP contribution is -1.95. The molecule has 2 rings (SSSR count). The Morgan fingerprint density at radius 1 is 1.33 bits per heavy atom. The minimum atomic E-state index is -1.33. The van der Waals surface area contributed by atoms with Crippen LogP contribution in [0.3, 0.4) is 0 Å². The highest BCUT2D eigenvalue weighted by Gasteiger charge is 2.22. The topological polar surface area (TPSA) is 63.3 Å². The van der Waals surface area contributed by atoms with Crippen molar-refractivity contribution in [2.45, 2.75) is 13.8 Å². The molecular weight excluding hydrogens is 244 g/mol. The predicted molar refractivity (Wildman–Crippen MR) is 58.3 cm³/mol. The van der Waals surface area contributed by atoms with Gasteiger partial charge in [0.2, 0.25) is 11.7 Å². The van der Waals surface area contributed by atoms with Crippen molar-refractivity contribution in [2.24, 2.45) is 0 Å². The summed E-state index contributed by atoms with van der Waals surface area (Å²) in [6.45, 7) is 2.86. The van der Waals surface area contributed by atoms with Gasteiger partial charge in [-0.2, -0.15) is 0 Å². The van der Waals surface area contributed by atoms with Crippen LogP contribution in [0.5, 0.6) is 0 Å². The maximum absolute atomic E-state index is 13.8. The van der Waals surface area contributed by atoms with Crippen LogP contribution in [0.4, 0.5) is 8.78 Å². The van der Waals surface area contributed by atoms with Gasteiger partial charge < -0.3 is 9.52 Å². The molecule has 0 atom stereocenters. The van der Waals surface area contributed by atoms with Crippen LogP contribution in [0.15, 0.2) is 16.5 Å². The largest absolute Gasteiger partial charge is 0.475 e. The highest BCUT2D eigenvalue weighted by molar-refractivity contribution is 5.86. The molecule has 0 radical (unpaired) electrons. The number of aromatic carboxylic acids is 1. The number of hydrogen-bond acceptors (Lipinski definition) is 3.